The Balaban J connectivity index is 0.00000121. The molecule has 0 saturated carbocycles. The van der Waals surface area contributed by atoms with Gasteiger partial charge in [-0.1, -0.05) is 6.92 Å². The van der Waals surface area contributed by atoms with Gasteiger partial charge in [0, 0.05) is 38.8 Å². The average molecular weight is 354 g/mol. The van der Waals surface area contributed by atoms with Gasteiger partial charge >= 0.3 is 0 Å². The molecule has 1 N–H and O–H groups in total. The molecule has 0 aromatic carbocycles. The van der Waals surface area contributed by atoms with Gasteiger partial charge in [0.1, 0.15) is 0 Å². The first-order chi connectivity index (χ1) is 9.75. The quantitative estimate of drug-likeness (QED) is 0.804. The third-order valence-electron chi connectivity index (χ3n) is 5.05. The van der Waals surface area contributed by atoms with Crippen LogP contribution >= 0.6 is 24.8 Å². The summed E-state index contributed by atoms with van der Waals surface area (Å²) in [6.45, 7) is 9.76. The van der Waals surface area contributed by atoms with Crippen molar-refractivity contribution in [1.82, 2.24) is 15.1 Å². The number of ether oxygens (including phenoxy) is 1. The van der Waals surface area contributed by atoms with E-state index in [4.69, 9.17) is 4.74 Å². The molecule has 0 aromatic rings. The van der Waals surface area contributed by atoms with E-state index in [1.807, 2.05) is 0 Å². The molecule has 3 aliphatic rings. The van der Waals surface area contributed by atoms with Crippen LogP contribution in [-0.2, 0) is 9.53 Å². The molecule has 22 heavy (non-hydrogen) atoms. The predicted molar refractivity (Wildman–Crippen MR) is 92.0 cm³/mol. The second kappa shape index (κ2) is 9.28. The van der Waals surface area contributed by atoms with E-state index in [1.165, 1.54) is 0 Å². The Kier molecular flexibility index (Phi) is 8.43. The lowest BCUT2D eigenvalue weighted by molar-refractivity contribution is -0.135. The standard InChI is InChI=1S/C15H27N3O2.2ClH/c1-12-10-18(15(19)13-3-2-4-16-9-13)11-14(12)17-5-7-20-8-6-17;;/h12-14,16H,2-11H2,1H3;2*1H. The Bertz CT molecular complexity index is 348. The molecule has 3 aliphatic heterocycles. The topological polar surface area (TPSA) is 44.8 Å². The van der Waals surface area contributed by atoms with Crippen LogP contribution in [0.1, 0.15) is 19.8 Å². The van der Waals surface area contributed by atoms with Crippen molar-refractivity contribution in [3.8, 4) is 0 Å². The number of nitrogens with one attached hydrogen (secondary N) is 1. The smallest absolute Gasteiger partial charge is 0.227 e. The molecular weight excluding hydrogens is 325 g/mol. The van der Waals surface area contributed by atoms with Crippen LogP contribution in [0.25, 0.3) is 0 Å². The number of likely N-dealkylation sites (tertiary alicyclic amines) is 1. The first-order valence-electron chi connectivity index (χ1n) is 8.07. The van der Waals surface area contributed by atoms with Crippen LogP contribution in [0.3, 0.4) is 0 Å². The summed E-state index contributed by atoms with van der Waals surface area (Å²) >= 11 is 0. The molecule has 0 aliphatic carbocycles. The number of nitrogens with zero attached hydrogens (tertiary/aromatic N) is 2. The molecule has 3 unspecified atom stereocenters. The van der Waals surface area contributed by atoms with Crippen molar-refractivity contribution in [3.05, 3.63) is 0 Å². The third kappa shape index (κ3) is 4.48. The number of halogens is 2. The Labute approximate surface area is 145 Å². The Morgan fingerprint density at radius 1 is 1.18 bits per heavy atom. The van der Waals surface area contributed by atoms with E-state index < -0.39 is 0 Å². The average Bonchev–Trinajstić information content (AvgIpc) is 2.90. The maximum atomic E-state index is 12.6. The van der Waals surface area contributed by atoms with Gasteiger partial charge in [-0.15, -0.1) is 24.8 Å². The van der Waals surface area contributed by atoms with Crippen molar-refractivity contribution in [2.45, 2.75) is 25.8 Å². The molecule has 3 atom stereocenters. The van der Waals surface area contributed by atoms with Crippen LogP contribution in [0.15, 0.2) is 0 Å². The van der Waals surface area contributed by atoms with Crippen LogP contribution in [0.4, 0.5) is 0 Å². The fraction of sp³-hybridized carbons (Fsp3) is 0.933. The zero-order valence-corrected chi connectivity index (χ0v) is 15.0. The van der Waals surface area contributed by atoms with Crippen LogP contribution in [0.5, 0.6) is 0 Å². The van der Waals surface area contributed by atoms with Gasteiger partial charge < -0.3 is 15.0 Å². The van der Waals surface area contributed by atoms with Crippen LogP contribution < -0.4 is 5.32 Å². The molecule has 3 heterocycles. The maximum Gasteiger partial charge on any atom is 0.227 e. The van der Waals surface area contributed by atoms with Gasteiger partial charge in [0.25, 0.3) is 0 Å². The SMILES string of the molecule is CC1CN(C(=O)C2CCCNC2)CC1N1CCOCC1.Cl.Cl. The Hall–Kier alpha value is -0.0700. The fourth-order valence-corrected chi connectivity index (χ4v) is 3.83. The Morgan fingerprint density at radius 3 is 2.55 bits per heavy atom. The lowest BCUT2D eigenvalue weighted by Gasteiger charge is -2.34. The highest BCUT2D eigenvalue weighted by Gasteiger charge is 2.38. The van der Waals surface area contributed by atoms with Crippen molar-refractivity contribution in [1.29, 1.82) is 0 Å². The van der Waals surface area contributed by atoms with E-state index in [0.717, 1.165) is 65.3 Å². The van der Waals surface area contributed by atoms with E-state index in [9.17, 15) is 4.79 Å². The zero-order valence-electron chi connectivity index (χ0n) is 13.3. The highest BCUT2D eigenvalue weighted by Crippen LogP contribution is 2.25. The molecular formula is C15H29Cl2N3O2. The molecule has 1 amide bonds. The summed E-state index contributed by atoms with van der Waals surface area (Å²) in [7, 11) is 0. The van der Waals surface area contributed by atoms with Gasteiger partial charge in [0.2, 0.25) is 5.91 Å². The van der Waals surface area contributed by atoms with Crippen molar-refractivity contribution in [2.75, 3.05) is 52.5 Å². The van der Waals surface area contributed by atoms with E-state index in [-0.39, 0.29) is 30.7 Å². The first-order valence-corrected chi connectivity index (χ1v) is 8.07. The highest BCUT2D eigenvalue weighted by atomic mass is 35.5. The molecule has 3 fully saturated rings. The number of carbonyl (C=O) groups excluding carboxylic acids is 1. The summed E-state index contributed by atoms with van der Waals surface area (Å²) in [4.78, 5) is 17.2. The van der Waals surface area contributed by atoms with E-state index >= 15 is 0 Å². The van der Waals surface area contributed by atoms with E-state index in [2.05, 4.69) is 22.0 Å². The fourth-order valence-electron chi connectivity index (χ4n) is 3.83. The van der Waals surface area contributed by atoms with Crippen LogP contribution in [-0.4, -0.2) is 74.2 Å². The predicted octanol–water partition coefficient (Wildman–Crippen LogP) is 1.01. The summed E-state index contributed by atoms with van der Waals surface area (Å²) in [5.41, 5.74) is 0. The monoisotopic (exact) mass is 353 g/mol. The number of hydrogen-bond acceptors (Lipinski definition) is 4. The minimum absolute atomic E-state index is 0. The van der Waals surface area contributed by atoms with Crippen molar-refractivity contribution >= 4 is 30.7 Å². The molecule has 130 valence electrons. The molecule has 5 nitrogen and oxygen atoms in total. The molecule has 0 bridgehead atoms. The van der Waals surface area contributed by atoms with E-state index in [1.54, 1.807) is 0 Å². The zero-order chi connectivity index (χ0) is 13.9. The Morgan fingerprint density at radius 2 is 1.91 bits per heavy atom. The summed E-state index contributed by atoms with van der Waals surface area (Å²) in [6, 6.07) is 0.527. The maximum absolute atomic E-state index is 12.6. The summed E-state index contributed by atoms with van der Waals surface area (Å²) < 4.78 is 5.43. The minimum atomic E-state index is 0. The van der Waals surface area contributed by atoms with Crippen LogP contribution in [0, 0.1) is 11.8 Å². The van der Waals surface area contributed by atoms with Crippen molar-refractivity contribution in [2.24, 2.45) is 11.8 Å². The molecule has 0 spiro atoms. The third-order valence-corrected chi connectivity index (χ3v) is 5.05. The van der Waals surface area contributed by atoms with Crippen molar-refractivity contribution < 1.29 is 9.53 Å². The van der Waals surface area contributed by atoms with Crippen molar-refractivity contribution in [3.63, 3.8) is 0 Å². The molecule has 0 aromatic heterocycles. The number of morpholine rings is 1. The summed E-state index contributed by atoms with van der Waals surface area (Å²) in [5, 5.41) is 3.35. The lowest BCUT2D eigenvalue weighted by atomic mass is 9.98. The first kappa shape index (κ1) is 20.0. The number of rotatable bonds is 2. The number of carbonyl (C=O) groups is 1. The van der Waals surface area contributed by atoms with Gasteiger partial charge in [-0.3, -0.25) is 9.69 Å². The molecule has 3 rings (SSSR count). The second-order valence-corrected chi connectivity index (χ2v) is 6.48. The molecule has 7 heteroatoms. The molecule has 0 radical (unpaired) electrons. The van der Waals surface area contributed by atoms with Gasteiger partial charge in [-0.2, -0.15) is 0 Å². The summed E-state index contributed by atoms with van der Waals surface area (Å²) in [5.74, 6) is 1.16. The van der Waals surface area contributed by atoms with Gasteiger partial charge in [-0.25, -0.2) is 0 Å². The normalized spacial score (nSPS) is 33.0. The number of amides is 1. The molecule has 3 saturated heterocycles. The highest BCUT2D eigenvalue weighted by molar-refractivity contribution is 5.85. The van der Waals surface area contributed by atoms with Gasteiger partial charge in [0.05, 0.1) is 19.1 Å². The lowest BCUT2D eigenvalue weighted by Crippen LogP contribution is -2.47. The van der Waals surface area contributed by atoms with E-state index in [0.29, 0.717) is 17.9 Å². The van der Waals surface area contributed by atoms with Crippen LogP contribution in [0.2, 0.25) is 0 Å². The van der Waals surface area contributed by atoms with Gasteiger partial charge in [-0.05, 0) is 25.3 Å². The minimum Gasteiger partial charge on any atom is -0.379 e. The van der Waals surface area contributed by atoms with Gasteiger partial charge in [0.15, 0.2) is 0 Å². The second-order valence-electron chi connectivity index (χ2n) is 6.48. The number of hydrogen-bond donors (Lipinski definition) is 1. The summed E-state index contributed by atoms with van der Waals surface area (Å²) in [6.07, 6.45) is 2.19. The largest absolute Gasteiger partial charge is 0.379 e. The number of piperidine rings is 1.